The molecular formula is C19H29N3O3. The largest absolute Gasteiger partial charge is 0.465 e. The summed E-state index contributed by atoms with van der Waals surface area (Å²) >= 11 is 0. The number of carbonyl (C=O) groups is 2. The molecule has 2 aliphatic rings. The van der Waals surface area contributed by atoms with Gasteiger partial charge in [0.2, 0.25) is 11.8 Å². The van der Waals surface area contributed by atoms with E-state index in [0.717, 1.165) is 30.9 Å². The van der Waals surface area contributed by atoms with E-state index in [2.05, 4.69) is 11.0 Å². The van der Waals surface area contributed by atoms with Gasteiger partial charge in [-0.3, -0.25) is 14.5 Å². The Bertz CT molecular complexity index is 605. The fraction of sp³-hybridized carbons (Fsp3) is 0.684. The van der Waals surface area contributed by atoms with Gasteiger partial charge in [0.25, 0.3) is 0 Å². The molecular weight excluding hydrogens is 318 g/mol. The van der Waals surface area contributed by atoms with Crippen LogP contribution in [0.2, 0.25) is 0 Å². The van der Waals surface area contributed by atoms with Gasteiger partial charge in [0.15, 0.2) is 0 Å². The van der Waals surface area contributed by atoms with E-state index in [4.69, 9.17) is 4.42 Å². The third-order valence-corrected chi connectivity index (χ3v) is 5.37. The summed E-state index contributed by atoms with van der Waals surface area (Å²) in [4.78, 5) is 30.2. The first-order chi connectivity index (χ1) is 12.0. The van der Waals surface area contributed by atoms with Gasteiger partial charge in [0.05, 0.1) is 12.6 Å². The summed E-state index contributed by atoms with van der Waals surface area (Å²) in [5, 5.41) is 0. The number of nitrogens with zero attached hydrogens (tertiary/aromatic N) is 3. The van der Waals surface area contributed by atoms with Gasteiger partial charge in [-0.1, -0.05) is 12.8 Å². The van der Waals surface area contributed by atoms with Gasteiger partial charge in [-0.05, 0) is 38.4 Å². The lowest BCUT2D eigenvalue weighted by atomic mass is 10.1. The molecule has 1 aromatic heterocycles. The monoisotopic (exact) mass is 347 g/mol. The normalized spacial score (nSPS) is 22.7. The summed E-state index contributed by atoms with van der Waals surface area (Å²) < 4.78 is 5.87. The number of carbonyl (C=O) groups excluding carboxylic acids is 2. The fourth-order valence-electron chi connectivity index (χ4n) is 3.86. The van der Waals surface area contributed by atoms with Gasteiger partial charge >= 0.3 is 0 Å². The standard InChI is InChI=1S/C19H29N3O3/c1-15-7-8-18(25-15)17-6-4-3-5-9-22(17)14-19(24)21-12-10-20(11-13-21)16(2)23/h7-8,17H,3-6,9-14H2,1-2H3/t17-/m1/s1. The van der Waals surface area contributed by atoms with Gasteiger partial charge < -0.3 is 14.2 Å². The quantitative estimate of drug-likeness (QED) is 0.841. The van der Waals surface area contributed by atoms with Crippen molar-refractivity contribution in [2.45, 2.75) is 45.6 Å². The van der Waals surface area contributed by atoms with E-state index in [1.54, 1.807) is 6.92 Å². The molecule has 2 saturated heterocycles. The van der Waals surface area contributed by atoms with Crippen LogP contribution in [0.1, 0.15) is 50.2 Å². The third-order valence-electron chi connectivity index (χ3n) is 5.37. The summed E-state index contributed by atoms with van der Waals surface area (Å²) in [6, 6.07) is 4.24. The first-order valence-electron chi connectivity index (χ1n) is 9.38. The third kappa shape index (κ3) is 4.42. The number of hydrogen-bond acceptors (Lipinski definition) is 4. The van der Waals surface area contributed by atoms with E-state index in [0.29, 0.717) is 32.7 Å². The van der Waals surface area contributed by atoms with Crippen LogP contribution in [0.4, 0.5) is 0 Å². The van der Waals surface area contributed by atoms with Crippen molar-refractivity contribution in [3.05, 3.63) is 23.7 Å². The van der Waals surface area contributed by atoms with Crippen molar-refractivity contribution in [2.24, 2.45) is 0 Å². The second-order valence-corrected chi connectivity index (χ2v) is 7.17. The highest BCUT2D eigenvalue weighted by atomic mass is 16.3. The van der Waals surface area contributed by atoms with Crippen LogP contribution in [-0.4, -0.2) is 65.8 Å². The number of aryl methyl sites for hydroxylation is 1. The molecule has 0 unspecified atom stereocenters. The molecule has 3 rings (SSSR count). The molecule has 138 valence electrons. The van der Waals surface area contributed by atoms with E-state index in [1.807, 2.05) is 22.8 Å². The zero-order valence-corrected chi connectivity index (χ0v) is 15.4. The number of rotatable bonds is 3. The van der Waals surface area contributed by atoms with Crippen LogP contribution >= 0.6 is 0 Å². The van der Waals surface area contributed by atoms with E-state index >= 15 is 0 Å². The number of piperazine rings is 1. The SMILES string of the molecule is CC(=O)N1CCN(C(=O)CN2CCCCC[C@@H]2c2ccc(C)o2)CC1. The maximum absolute atomic E-state index is 12.8. The molecule has 0 spiro atoms. The van der Waals surface area contributed by atoms with Crippen molar-refractivity contribution in [2.75, 3.05) is 39.3 Å². The zero-order valence-electron chi connectivity index (χ0n) is 15.4. The second-order valence-electron chi connectivity index (χ2n) is 7.17. The predicted octanol–water partition coefficient (Wildman–Crippen LogP) is 2.20. The van der Waals surface area contributed by atoms with E-state index in [-0.39, 0.29) is 17.9 Å². The van der Waals surface area contributed by atoms with Crippen LogP contribution in [0, 0.1) is 6.92 Å². The molecule has 2 amide bonds. The average molecular weight is 347 g/mol. The summed E-state index contributed by atoms with van der Waals surface area (Å²) in [6.07, 6.45) is 4.55. The Labute approximate surface area is 149 Å². The average Bonchev–Trinajstić information content (AvgIpc) is 2.90. The first-order valence-corrected chi connectivity index (χ1v) is 9.38. The number of amides is 2. The highest BCUT2D eigenvalue weighted by Gasteiger charge is 2.29. The van der Waals surface area contributed by atoms with Crippen LogP contribution in [0.3, 0.4) is 0 Å². The lowest BCUT2D eigenvalue weighted by Crippen LogP contribution is -2.52. The molecule has 1 atom stereocenters. The summed E-state index contributed by atoms with van der Waals surface area (Å²) in [6.45, 7) is 7.47. The van der Waals surface area contributed by atoms with E-state index in [1.165, 1.54) is 12.8 Å². The maximum atomic E-state index is 12.8. The summed E-state index contributed by atoms with van der Waals surface area (Å²) in [5.74, 6) is 2.16. The number of furan rings is 1. The maximum Gasteiger partial charge on any atom is 0.236 e. The molecule has 2 fully saturated rings. The van der Waals surface area contributed by atoms with Crippen molar-refractivity contribution in [3.63, 3.8) is 0 Å². The van der Waals surface area contributed by atoms with E-state index in [9.17, 15) is 9.59 Å². The molecule has 6 heteroatoms. The van der Waals surface area contributed by atoms with Gasteiger partial charge in [-0.25, -0.2) is 0 Å². The van der Waals surface area contributed by atoms with Crippen LogP contribution in [0.5, 0.6) is 0 Å². The highest BCUT2D eigenvalue weighted by Crippen LogP contribution is 2.31. The van der Waals surface area contributed by atoms with E-state index < -0.39 is 0 Å². The van der Waals surface area contributed by atoms with Gasteiger partial charge in [0.1, 0.15) is 11.5 Å². The topological polar surface area (TPSA) is 57.0 Å². The second kappa shape index (κ2) is 8.04. The number of hydrogen-bond donors (Lipinski definition) is 0. The van der Waals surface area contributed by atoms with Crippen molar-refractivity contribution < 1.29 is 14.0 Å². The van der Waals surface area contributed by atoms with Crippen LogP contribution < -0.4 is 0 Å². The van der Waals surface area contributed by atoms with Gasteiger partial charge in [-0.2, -0.15) is 0 Å². The molecule has 0 radical (unpaired) electrons. The highest BCUT2D eigenvalue weighted by molar-refractivity contribution is 5.79. The Morgan fingerprint density at radius 1 is 1.04 bits per heavy atom. The summed E-state index contributed by atoms with van der Waals surface area (Å²) in [5.41, 5.74) is 0. The molecule has 0 bridgehead atoms. The molecule has 6 nitrogen and oxygen atoms in total. The zero-order chi connectivity index (χ0) is 17.8. The number of likely N-dealkylation sites (tertiary alicyclic amines) is 1. The molecule has 25 heavy (non-hydrogen) atoms. The minimum atomic E-state index is 0.0906. The van der Waals surface area contributed by atoms with Crippen LogP contribution in [0.25, 0.3) is 0 Å². The van der Waals surface area contributed by atoms with Crippen molar-refractivity contribution >= 4 is 11.8 Å². The Morgan fingerprint density at radius 3 is 2.40 bits per heavy atom. The molecule has 2 aliphatic heterocycles. The Balaban J connectivity index is 1.62. The molecule has 3 heterocycles. The van der Waals surface area contributed by atoms with Crippen LogP contribution in [0.15, 0.2) is 16.5 Å². The first kappa shape index (κ1) is 18.0. The Hall–Kier alpha value is -1.82. The molecule has 0 aliphatic carbocycles. The molecule has 0 saturated carbocycles. The Kier molecular flexibility index (Phi) is 5.78. The molecule has 0 aromatic carbocycles. The minimum absolute atomic E-state index is 0.0906. The molecule has 1 aromatic rings. The molecule has 0 N–H and O–H groups in total. The van der Waals surface area contributed by atoms with Crippen molar-refractivity contribution in [3.8, 4) is 0 Å². The minimum Gasteiger partial charge on any atom is -0.465 e. The fourth-order valence-corrected chi connectivity index (χ4v) is 3.86. The van der Waals surface area contributed by atoms with Gasteiger partial charge in [-0.15, -0.1) is 0 Å². The lowest BCUT2D eigenvalue weighted by molar-refractivity contribution is -0.139. The lowest BCUT2D eigenvalue weighted by Gasteiger charge is -2.36. The summed E-state index contributed by atoms with van der Waals surface area (Å²) in [7, 11) is 0. The van der Waals surface area contributed by atoms with Crippen LogP contribution in [-0.2, 0) is 9.59 Å². The Morgan fingerprint density at radius 2 is 1.76 bits per heavy atom. The predicted molar refractivity (Wildman–Crippen MR) is 95.1 cm³/mol. The van der Waals surface area contributed by atoms with Gasteiger partial charge in [0, 0.05) is 33.1 Å². The van der Waals surface area contributed by atoms with Crippen molar-refractivity contribution in [1.82, 2.24) is 14.7 Å². The van der Waals surface area contributed by atoms with Crippen molar-refractivity contribution in [1.29, 1.82) is 0 Å². The smallest absolute Gasteiger partial charge is 0.236 e.